The third-order valence-electron chi connectivity index (χ3n) is 4.35. The minimum absolute atomic E-state index is 0.193. The second kappa shape index (κ2) is 4.71. The van der Waals surface area contributed by atoms with E-state index in [4.69, 9.17) is 0 Å². The molecule has 2 aromatic rings. The molecule has 20 heavy (non-hydrogen) atoms. The fourth-order valence-electron chi connectivity index (χ4n) is 3.31. The third-order valence-corrected chi connectivity index (χ3v) is 4.35. The lowest BCUT2D eigenvalue weighted by atomic mass is 9.71. The van der Waals surface area contributed by atoms with Gasteiger partial charge in [0.05, 0.1) is 0 Å². The predicted molar refractivity (Wildman–Crippen MR) is 80.0 cm³/mol. The Morgan fingerprint density at radius 2 is 1.25 bits per heavy atom. The molecule has 2 nitrogen and oxygen atoms in total. The molecule has 0 bridgehead atoms. The number of phenols is 2. The van der Waals surface area contributed by atoms with Gasteiger partial charge in [0.15, 0.2) is 0 Å². The van der Waals surface area contributed by atoms with Crippen molar-refractivity contribution in [3.8, 4) is 11.5 Å². The Kier molecular flexibility index (Phi) is 3.01. The van der Waals surface area contributed by atoms with Crippen LogP contribution in [0.15, 0.2) is 60.7 Å². The van der Waals surface area contributed by atoms with Gasteiger partial charge in [0.2, 0.25) is 0 Å². The zero-order valence-corrected chi connectivity index (χ0v) is 11.3. The third kappa shape index (κ3) is 1.88. The Balaban J connectivity index is 2.17. The van der Waals surface area contributed by atoms with Crippen molar-refractivity contribution in [2.45, 2.75) is 24.7 Å². The molecule has 3 rings (SSSR count). The summed E-state index contributed by atoms with van der Waals surface area (Å²) in [5.74, 6) is 0.552. The van der Waals surface area contributed by atoms with E-state index in [0.29, 0.717) is 0 Å². The first-order chi connectivity index (χ1) is 9.63. The number of aromatic hydroxyl groups is 2. The molecule has 0 amide bonds. The van der Waals surface area contributed by atoms with Crippen LogP contribution in [0.4, 0.5) is 0 Å². The summed E-state index contributed by atoms with van der Waals surface area (Å²) in [6, 6.07) is 14.8. The summed E-state index contributed by atoms with van der Waals surface area (Å²) in [5, 5.41) is 19.0. The first-order valence-electron chi connectivity index (χ1n) is 6.90. The van der Waals surface area contributed by atoms with Crippen molar-refractivity contribution in [3.05, 3.63) is 71.8 Å². The monoisotopic (exact) mass is 266 g/mol. The van der Waals surface area contributed by atoms with Gasteiger partial charge in [-0.25, -0.2) is 0 Å². The molecule has 0 aromatic heterocycles. The van der Waals surface area contributed by atoms with E-state index in [0.717, 1.165) is 30.4 Å². The minimum Gasteiger partial charge on any atom is -0.508 e. The topological polar surface area (TPSA) is 40.5 Å². The van der Waals surface area contributed by atoms with Crippen molar-refractivity contribution >= 4 is 0 Å². The molecule has 102 valence electrons. The van der Waals surface area contributed by atoms with Crippen LogP contribution in [0.1, 0.15) is 30.4 Å². The quantitative estimate of drug-likeness (QED) is 0.803. The minimum atomic E-state index is -0.193. The van der Waals surface area contributed by atoms with Gasteiger partial charge in [-0.3, -0.25) is 0 Å². The van der Waals surface area contributed by atoms with E-state index in [2.05, 4.69) is 6.58 Å². The maximum Gasteiger partial charge on any atom is 0.115 e. The predicted octanol–water partition coefficient (Wildman–Crippen LogP) is 4.12. The molecule has 1 aliphatic carbocycles. The fraction of sp³-hybridized carbons (Fsp3) is 0.222. The molecule has 2 N–H and O–H groups in total. The highest BCUT2D eigenvalue weighted by molar-refractivity contribution is 5.51. The molecule has 0 saturated heterocycles. The zero-order valence-electron chi connectivity index (χ0n) is 11.3. The maximum atomic E-state index is 9.50. The van der Waals surface area contributed by atoms with Crippen LogP contribution in [0.5, 0.6) is 11.5 Å². The number of hydrogen-bond acceptors (Lipinski definition) is 2. The van der Waals surface area contributed by atoms with Gasteiger partial charge in [0.25, 0.3) is 0 Å². The molecule has 2 heteroatoms. The van der Waals surface area contributed by atoms with Gasteiger partial charge < -0.3 is 10.2 Å². The van der Waals surface area contributed by atoms with Gasteiger partial charge >= 0.3 is 0 Å². The Bertz CT molecular complexity index is 578. The second-order valence-corrected chi connectivity index (χ2v) is 5.46. The highest BCUT2D eigenvalue weighted by Crippen LogP contribution is 2.49. The van der Waals surface area contributed by atoms with E-state index in [1.807, 2.05) is 24.3 Å². The van der Waals surface area contributed by atoms with E-state index in [1.165, 1.54) is 5.57 Å². The van der Waals surface area contributed by atoms with E-state index >= 15 is 0 Å². The van der Waals surface area contributed by atoms with E-state index < -0.39 is 0 Å². The van der Waals surface area contributed by atoms with Crippen LogP contribution in [-0.4, -0.2) is 10.2 Å². The molecule has 1 fully saturated rings. The van der Waals surface area contributed by atoms with Gasteiger partial charge in [0, 0.05) is 5.41 Å². The maximum absolute atomic E-state index is 9.50. The first-order valence-corrected chi connectivity index (χ1v) is 6.90. The van der Waals surface area contributed by atoms with Gasteiger partial charge in [-0.05, 0) is 54.7 Å². The number of phenolic OH excluding ortho intramolecular Hbond substituents is 2. The highest BCUT2D eigenvalue weighted by atomic mass is 16.3. The molecule has 2 aromatic carbocycles. The van der Waals surface area contributed by atoms with Gasteiger partial charge in [-0.2, -0.15) is 0 Å². The summed E-state index contributed by atoms with van der Waals surface area (Å²) in [5.41, 5.74) is 3.32. The van der Waals surface area contributed by atoms with Crippen molar-refractivity contribution < 1.29 is 10.2 Å². The van der Waals surface area contributed by atoms with Crippen molar-refractivity contribution in [1.29, 1.82) is 0 Å². The standard InChI is InChI=1S/C18H18O2/c1-13-3-2-12-18(13,14-4-8-16(19)9-5-14)15-6-10-17(20)11-7-15/h4-11,19-20H,1-3,12H2. The Morgan fingerprint density at radius 1 is 0.800 bits per heavy atom. The van der Waals surface area contributed by atoms with Crippen molar-refractivity contribution in [3.63, 3.8) is 0 Å². The average Bonchev–Trinajstić information content (AvgIpc) is 2.83. The highest BCUT2D eigenvalue weighted by Gasteiger charge is 2.40. The van der Waals surface area contributed by atoms with E-state index in [9.17, 15) is 10.2 Å². The van der Waals surface area contributed by atoms with Crippen molar-refractivity contribution in [2.75, 3.05) is 0 Å². The van der Waals surface area contributed by atoms with E-state index in [-0.39, 0.29) is 16.9 Å². The molecule has 1 saturated carbocycles. The van der Waals surface area contributed by atoms with Crippen LogP contribution >= 0.6 is 0 Å². The summed E-state index contributed by atoms with van der Waals surface area (Å²) in [6.07, 6.45) is 3.14. The van der Waals surface area contributed by atoms with E-state index in [1.54, 1.807) is 24.3 Å². The summed E-state index contributed by atoms with van der Waals surface area (Å²) in [7, 11) is 0. The lowest BCUT2D eigenvalue weighted by Crippen LogP contribution is -2.25. The molecule has 0 unspecified atom stereocenters. The van der Waals surface area contributed by atoms with Crippen LogP contribution in [0, 0.1) is 0 Å². The van der Waals surface area contributed by atoms with Crippen LogP contribution in [0.25, 0.3) is 0 Å². The Labute approximate surface area is 119 Å². The summed E-state index contributed by atoms with van der Waals surface area (Å²) >= 11 is 0. The number of allylic oxidation sites excluding steroid dienone is 1. The van der Waals surface area contributed by atoms with Crippen molar-refractivity contribution in [2.24, 2.45) is 0 Å². The first kappa shape index (κ1) is 12.8. The average molecular weight is 266 g/mol. The second-order valence-electron chi connectivity index (χ2n) is 5.46. The number of hydrogen-bond donors (Lipinski definition) is 2. The Morgan fingerprint density at radius 3 is 1.60 bits per heavy atom. The van der Waals surface area contributed by atoms with Crippen LogP contribution in [0.3, 0.4) is 0 Å². The molecule has 1 aliphatic rings. The molecule has 0 aliphatic heterocycles. The normalized spacial score (nSPS) is 17.3. The number of benzene rings is 2. The van der Waals surface area contributed by atoms with Gasteiger partial charge in [-0.1, -0.05) is 36.4 Å². The number of rotatable bonds is 2. The van der Waals surface area contributed by atoms with Crippen LogP contribution < -0.4 is 0 Å². The van der Waals surface area contributed by atoms with Gasteiger partial charge in [0.1, 0.15) is 11.5 Å². The molecule has 0 atom stereocenters. The van der Waals surface area contributed by atoms with Gasteiger partial charge in [-0.15, -0.1) is 0 Å². The smallest absolute Gasteiger partial charge is 0.115 e. The SMILES string of the molecule is C=C1CCCC1(c1ccc(O)cc1)c1ccc(O)cc1. The molecular weight excluding hydrogens is 248 g/mol. The molecule has 0 radical (unpaired) electrons. The summed E-state index contributed by atoms with van der Waals surface area (Å²) in [4.78, 5) is 0. The largest absolute Gasteiger partial charge is 0.508 e. The van der Waals surface area contributed by atoms with Crippen LogP contribution in [0.2, 0.25) is 0 Å². The molecule has 0 spiro atoms. The lowest BCUT2D eigenvalue weighted by molar-refractivity contribution is 0.474. The lowest BCUT2D eigenvalue weighted by Gasteiger charge is -2.32. The Hall–Kier alpha value is -2.22. The molecular formula is C18H18O2. The zero-order chi connectivity index (χ0) is 14.2. The molecule has 0 heterocycles. The summed E-state index contributed by atoms with van der Waals surface area (Å²) in [6.45, 7) is 4.28. The van der Waals surface area contributed by atoms with Crippen molar-refractivity contribution in [1.82, 2.24) is 0 Å². The van der Waals surface area contributed by atoms with Crippen LogP contribution in [-0.2, 0) is 5.41 Å². The fourth-order valence-corrected chi connectivity index (χ4v) is 3.31. The summed E-state index contributed by atoms with van der Waals surface area (Å²) < 4.78 is 0.